The molecule has 0 unspecified atom stereocenters. The van der Waals surface area contributed by atoms with Crippen molar-refractivity contribution in [2.45, 2.75) is 0 Å². The first kappa shape index (κ1) is 18.8. The molecule has 1 nitrogen and oxygen atoms in total. The van der Waals surface area contributed by atoms with Gasteiger partial charge in [0.2, 0.25) is 0 Å². The predicted molar refractivity (Wildman–Crippen MR) is 149 cm³/mol. The standard InChI is InChI=1S/C34H20O/c1-3-10-25-21(7-1)15-16-24-19-23-9-5-12-27(31(23)20-30(24)25)28-13-6-14-32-33(28)29-18-17-22-8-2-4-11-26(22)34(29)35-32/h1-20H. The fourth-order valence-corrected chi connectivity index (χ4v) is 5.79. The van der Waals surface area contributed by atoms with Crippen molar-refractivity contribution < 1.29 is 4.42 Å². The van der Waals surface area contributed by atoms with E-state index in [0.717, 1.165) is 21.9 Å². The lowest BCUT2D eigenvalue weighted by Gasteiger charge is -2.11. The van der Waals surface area contributed by atoms with Crippen LogP contribution >= 0.6 is 0 Å². The van der Waals surface area contributed by atoms with Gasteiger partial charge in [-0.25, -0.2) is 0 Å². The Morgan fingerprint density at radius 1 is 0.371 bits per heavy atom. The second kappa shape index (κ2) is 6.94. The summed E-state index contributed by atoms with van der Waals surface area (Å²) in [5, 5.41) is 12.3. The van der Waals surface area contributed by atoms with E-state index in [9.17, 15) is 0 Å². The number of rotatable bonds is 1. The van der Waals surface area contributed by atoms with Gasteiger partial charge in [-0.2, -0.15) is 0 Å². The maximum Gasteiger partial charge on any atom is 0.143 e. The van der Waals surface area contributed by atoms with Crippen LogP contribution in [0.4, 0.5) is 0 Å². The summed E-state index contributed by atoms with van der Waals surface area (Å²) < 4.78 is 6.47. The van der Waals surface area contributed by atoms with Gasteiger partial charge < -0.3 is 4.42 Å². The third-order valence-corrected chi connectivity index (χ3v) is 7.42. The third kappa shape index (κ3) is 2.64. The van der Waals surface area contributed by atoms with Gasteiger partial charge in [-0.3, -0.25) is 0 Å². The van der Waals surface area contributed by atoms with Crippen LogP contribution in [0.25, 0.3) is 76.2 Å². The summed E-state index contributed by atoms with van der Waals surface area (Å²) in [6.07, 6.45) is 0. The van der Waals surface area contributed by atoms with E-state index < -0.39 is 0 Å². The summed E-state index contributed by atoms with van der Waals surface area (Å²) >= 11 is 0. The van der Waals surface area contributed by atoms with Crippen LogP contribution in [0.3, 0.4) is 0 Å². The monoisotopic (exact) mass is 444 g/mol. The van der Waals surface area contributed by atoms with Crippen LogP contribution in [0.1, 0.15) is 0 Å². The molecule has 162 valence electrons. The Labute approximate surface area is 201 Å². The van der Waals surface area contributed by atoms with Crippen molar-refractivity contribution in [1.29, 1.82) is 0 Å². The van der Waals surface area contributed by atoms with Crippen molar-refractivity contribution in [2.75, 3.05) is 0 Å². The van der Waals surface area contributed by atoms with Gasteiger partial charge in [0.25, 0.3) is 0 Å². The Bertz CT molecular complexity index is 2110. The molecule has 0 saturated carbocycles. The Morgan fingerprint density at radius 3 is 1.94 bits per heavy atom. The van der Waals surface area contributed by atoms with E-state index in [1.165, 1.54) is 54.2 Å². The number of furan rings is 1. The van der Waals surface area contributed by atoms with Crippen LogP contribution in [-0.4, -0.2) is 0 Å². The van der Waals surface area contributed by atoms with Crippen molar-refractivity contribution in [2.24, 2.45) is 0 Å². The molecule has 7 aromatic carbocycles. The van der Waals surface area contributed by atoms with Crippen molar-refractivity contribution >= 4 is 65.0 Å². The van der Waals surface area contributed by atoms with Gasteiger partial charge >= 0.3 is 0 Å². The maximum absolute atomic E-state index is 6.47. The molecule has 0 aliphatic heterocycles. The molecule has 1 heteroatoms. The fraction of sp³-hybridized carbons (Fsp3) is 0. The first-order valence-electron chi connectivity index (χ1n) is 12.0. The normalized spacial score (nSPS) is 12.0. The molecule has 0 amide bonds. The lowest BCUT2D eigenvalue weighted by Crippen LogP contribution is -1.85. The van der Waals surface area contributed by atoms with Crippen LogP contribution in [-0.2, 0) is 0 Å². The molecule has 0 bridgehead atoms. The second-order valence-corrected chi connectivity index (χ2v) is 9.33. The van der Waals surface area contributed by atoms with Crippen molar-refractivity contribution in [1.82, 2.24) is 0 Å². The van der Waals surface area contributed by atoms with Crippen LogP contribution in [0, 0.1) is 0 Å². The highest BCUT2D eigenvalue weighted by Crippen LogP contribution is 2.42. The van der Waals surface area contributed by atoms with Crippen molar-refractivity contribution in [3.63, 3.8) is 0 Å². The Hall–Kier alpha value is -4.62. The lowest BCUT2D eigenvalue weighted by atomic mass is 9.91. The highest BCUT2D eigenvalue weighted by Gasteiger charge is 2.16. The minimum absolute atomic E-state index is 0.928. The largest absolute Gasteiger partial charge is 0.455 e. The quantitative estimate of drug-likeness (QED) is 0.181. The number of fused-ring (bicyclic) bond motifs is 9. The number of benzene rings is 7. The zero-order valence-corrected chi connectivity index (χ0v) is 19.0. The van der Waals surface area contributed by atoms with Gasteiger partial charge in [-0.15, -0.1) is 0 Å². The van der Waals surface area contributed by atoms with E-state index in [-0.39, 0.29) is 0 Å². The topological polar surface area (TPSA) is 13.1 Å². The summed E-state index contributed by atoms with van der Waals surface area (Å²) in [6, 6.07) is 43.7. The molecule has 0 saturated heterocycles. The van der Waals surface area contributed by atoms with Gasteiger partial charge in [0.05, 0.1) is 0 Å². The van der Waals surface area contributed by atoms with Gasteiger partial charge in [-0.1, -0.05) is 97.1 Å². The molecule has 0 radical (unpaired) electrons. The molecule has 1 aromatic heterocycles. The average molecular weight is 445 g/mol. The minimum Gasteiger partial charge on any atom is -0.455 e. The van der Waals surface area contributed by atoms with Crippen LogP contribution in [0.5, 0.6) is 0 Å². The SMILES string of the molecule is c1cc(-c2cccc3oc4c5ccccc5ccc4c23)c2cc3c(ccc4ccccc43)cc2c1. The molecule has 0 aliphatic carbocycles. The highest BCUT2D eigenvalue weighted by molar-refractivity contribution is 6.21. The van der Waals surface area contributed by atoms with Crippen molar-refractivity contribution in [3.05, 3.63) is 121 Å². The summed E-state index contributed by atoms with van der Waals surface area (Å²) in [7, 11) is 0. The smallest absolute Gasteiger partial charge is 0.143 e. The first-order chi connectivity index (χ1) is 17.3. The summed E-state index contributed by atoms with van der Waals surface area (Å²) in [6.45, 7) is 0. The second-order valence-electron chi connectivity index (χ2n) is 9.33. The van der Waals surface area contributed by atoms with E-state index in [4.69, 9.17) is 4.42 Å². The number of hydrogen-bond acceptors (Lipinski definition) is 1. The lowest BCUT2D eigenvalue weighted by molar-refractivity contribution is 0.673. The third-order valence-electron chi connectivity index (χ3n) is 7.42. The molecule has 35 heavy (non-hydrogen) atoms. The molecule has 0 aliphatic rings. The Balaban J connectivity index is 1.50. The predicted octanol–water partition coefficient (Wildman–Crippen LogP) is 9.87. The molecule has 0 fully saturated rings. The zero-order valence-electron chi connectivity index (χ0n) is 19.0. The molecular formula is C34H20O. The molecule has 8 aromatic rings. The van der Waals surface area contributed by atoms with Crippen LogP contribution in [0.2, 0.25) is 0 Å². The molecule has 0 N–H and O–H groups in total. The van der Waals surface area contributed by atoms with E-state index in [2.05, 4.69) is 121 Å². The summed E-state index contributed by atoms with van der Waals surface area (Å²) in [4.78, 5) is 0. The van der Waals surface area contributed by atoms with Gasteiger partial charge in [-0.05, 0) is 73.1 Å². The van der Waals surface area contributed by atoms with E-state index in [1.54, 1.807) is 0 Å². The van der Waals surface area contributed by atoms with E-state index in [0.29, 0.717) is 0 Å². The van der Waals surface area contributed by atoms with Crippen molar-refractivity contribution in [3.8, 4) is 11.1 Å². The fourth-order valence-electron chi connectivity index (χ4n) is 5.79. The van der Waals surface area contributed by atoms with Gasteiger partial charge in [0.15, 0.2) is 0 Å². The van der Waals surface area contributed by atoms with Crippen LogP contribution in [0.15, 0.2) is 126 Å². The van der Waals surface area contributed by atoms with E-state index in [1.807, 2.05) is 0 Å². The zero-order chi connectivity index (χ0) is 22.9. The van der Waals surface area contributed by atoms with Gasteiger partial charge in [0.1, 0.15) is 11.2 Å². The molecule has 1 heterocycles. The highest BCUT2D eigenvalue weighted by atomic mass is 16.3. The van der Waals surface area contributed by atoms with Gasteiger partial charge in [0, 0.05) is 16.2 Å². The number of hydrogen-bond donors (Lipinski definition) is 0. The van der Waals surface area contributed by atoms with Crippen LogP contribution < -0.4 is 0 Å². The first-order valence-corrected chi connectivity index (χ1v) is 12.0. The minimum atomic E-state index is 0.928. The Morgan fingerprint density at radius 2 is 1.03 bits per heavy atom. The summed E-state index contributed by atoms with van der Waals surface area (Å²) in [5.74, 6) is 0. The molecule has 0 atom stereocenters. The maximum atomic E-state index is 6.47. The molecular weight excluding hydrogens is 424 g/mol. The molecule has 0 spiro atoms. The van der Waals surface area contributed by atoms with E-state index >= 15 is 0 Å². The summed E-state index contributed by atoms with van der Waals surface area (Å²) in [5.41, 5.74) is 4.33. The molecule has 8 rings (SSSR count). The Kier molecular flexibility index (Phi) is 3.72. The average Bonchev–Trinajstić information content (AvgIpc) is 3.31.